The Bertz CT molecular complexity index is 409. The Morgan fingerprint density at radius 1 is 1.38 bits per heavy atom. The number of H-pyrrole nitrogens is 1. The maximum atomic E-state index is 5.38. The van der Waals surface area contributed by atoms with Crippen molar-refractivity contribution in [2.75, 3.05) is 0 Å². The molecule has 0 saturated carbocycles. The third kappa shape index (κ3) is 1.58. The van der Waals surface area contributed by atoms with Gasteiger partial charge in [0.05, 0.1) is 18.5 Å². The molecule has 13 heavy (non-hydrogen) atoms. The van der Waals surface area contributed by atoms with Gasteiger partial charge in [0, 0.05) is 0 Å². The van der Waals surface area contributed by atoms with E-state index in [-0.39, 0.29) is 6.10 Å². The molecule has 0 saturated heterocycles. The van der Waals surface area contributed by atoms with Crippen LogP contribution in [0, 0.1) is 0 Å². The third-order valence-electron chi connectivity index (χ3n) is 1.49. The maximum absolute atomic E-state index is 5.38. The van der Waals surface area contributed by atoms with Crippen LogP contribution in [0.1, 0.15) is 13.8 Å². The fourth-order valence-electron chi connectivity index (χ4n) is 1.02. The standard InChI is InChI=1S/C8H10N4O/c1-5(2)13-7-4-9-8-6(11-7)3-10-12-8/h3-5H,1-2H3,(H,9,10,12). The molecule has 0 fully saturated rings. The Hall–Kier alpha value is -1.65. The lowest BCUT2D eigenvalue weighted by atomic mass is 10.5. The molecule has 0 aliphatic carbocycles. The summed E-state index contributed by atoms with van der Waals surface area (Å²) in [6.07, 6.45) is 3.31. The highest BCUT2D eigenvalue weighted by Gasteiger charge is 2.02. The van der Waals surface area contributed by atoms with Gasteiger partial charge in [-0.25, -0.2) is 9.97 Å². The summed E-state index contributed by atoms with van der Waals surface area (Å²) in [5.74, 6) is 0.531. The van der Waals surface area contributed by atoms with Gasteiger partial charge in [-0.2, -0.15) is 5.10 Å². The van der Waals surface area contributed by atoms with E-state index < -0.39 is 0 Å². The summed E-state index contributed by atoms with van der Waals surface area (Å²) >= 11 is 0. The Labute approximate surface area is 75.2 Å². The fraction of sp³-hybridized carbons (Fsp3) is 0.375. The van der Waals surface area contributed by atoms with E-state index in [0.29, 0.717) is 11.5 Å². The quantitative estimate of drug-likeness (QED) is 0.749. The van der Waals surface area contributed by atoms with Gasteiger partial charge in [0.15, 0.2) is 5.65 Å². The van der Waals surface area contributed by atoms with Gasteiger partial charge in [0.2, 0.25) is 5.88 Å². The lowest BCUT2D eigenvalue weighted by Gasteiger charge is -2.06. The Morgan fingerprint density at radius 3 is 3.00 bits per heavy atom. The van der Waals surface area contributed by atoms with E-state index in [0.717, 1.165) is 5.52 Å². The van der Waals surface area contributed by atoms with Crippen LogP contribution in [-0.2, 0) is 0 Å². The average molecular weight is 178 g/mol. The van der Waals surface area contributed by atoms with Gasteiger partial charge in [-0.15, -0.1) is 0 Å². The molecular weight excluding hydrogens is 168 g/mol. The second-order valence-corrected chi connectivity index (χ2v) is 2.98. The SMILES string of the molecule is CC(C)Oc1cnc2[nH]ncc2n1. The first-order valence-corrected chi connectivity index (χ1v) is 4.08. The molecule has 0 unspecified atom stereocenters. The number of hydrogen-bond donors (Lipinski definition) is 1. The number of aromatic nitrogens is 4. The van der Waals surface area contributed by atoms with E-state index in [9.17, 15) is 0 Å². The van der Waals surface area contributed by atoms with Crippen molar-refractivity contribution in [3.8, 4) is 5.88 Å². The molecular formula is C8H10N4O. The minimum atomic E-state index is 0.110. The van der Waals surface area contributed by atoms with Crippen molar-refractivity contribution >= 4 is 11.2 Å². The van der Waals surface area contributed by atoms with Crippen LogP contribution in [-0.4, -0.2) is 26.3 Å². The molecule has 0 bridgehead atoms. The lowest BCUT2D eigenvalue weighted by Crippen LogP contribution is -2.06. The molecule has 5 nitrogen and oxygen atoms in total. The van der Waals surface area contributed by atoms with Gasteiger partial charge in [0.25, 0.3) is 0 Å². The summed E-state index contributed by atoms with van der Waals surface area (Å²) in [5.41, 5.74) is 1.40. The molecule has 0 amide bonds. The first-order chi connectivity index (χ1) is 6.25. The number of fused-ring (bicyclic) bond motifs is 1. The molecule has 0 radical (unpaired) electrons. The molecule has 0 aromatic carbocycles. The predicted octanol–water partition coefficient (Wildman–Crippen LogP) is 1.14. The van der Waals surface area contributed by atoms with Crippen molar-refractivity contribution in [3.05, 3.63) is 12.4 Å². The second-order valence-electron chi connectivity index (χ2n) is 2.98. The molecule has 0 atom stereocenters. The minimum absolute atomic E-state index is 0.110. The number of nitrogens with zero attached hydrogens (tertiary/aromatic N) is 3. The molecule has 1 N–H and O–H groups in total. The van der Waals surface area contributed by atoms with Crippen molar-refractivity contribution in [1.29, 1.82) is 0 Å². The Morgan fingerprint density at radius 2 is 2.23 bits per heavy atom. The monoisotopic (exact) mass is 178 g/mol. The molecule has 2 aromatic heterocycles. The van der Waals surface area contributed by atoms with Crippen molar-refractivity contribution < 1.29 is 4.74 Å². The van der Waals surface area contributed by atoms with Crippen molar-refractivity contribution in [2.45, 2.75) is 20.0 Å². The smallest absolute Gasteiger partial charge is 0.233 e. The Kier molecular flexibility index (Phi) is 1.84. The zero-order chi connectivity index (χ0) is 9.26. The fourth-order valence-corrected chi connectivity index (χ4v) is 1.02. The highest BCUT2D eigenvalue weighted by molar-refractivity contribution is 5.68. The number of hydrogen-bond acceptors (Lipinski definition) is 4. The van der Waals surface area contributed by atoms with Crippen LogP contribution in [0.25, 0.3) is 11.2 Å². The van der Waals surface area contributed by atoms with Crippen LogP contribution in [0.15, 0.2) is 12.4 Å². The molecule has 68 valence electrons. The zero-order valence-electron chi connectivity index (χ0n) is 7.48. The predicted molar refractivity (Wildman–Crippen MR) is 47.4 cm³/mol. The molecule has 0 aliphatic heterocycles. The average Bonchev–Trinajstić information content (AvgIpc) is 2.49. The van der Waals surface area contributed by atoms with E-state index in [1.807, 2.05) is 13.8 Å². The molecule has 5 heteroatoms. The van der Waals surface area contributed by atoms with Crippen LogP contribution in [0.5, 0.6) is 5.88 Å². The topological polar surface area (TPSA) is 63.7 Å². The second kappa shape index (κ2) is 3.01. The zero-order valence-corrected chi connectivity index (χ0v) is 7.48. The summed E-state index contributed by atoms with van der Waals surface area (Å²) in [5, 5.41) is 6.54. The molecule has 0 spiro atoms. The highest BCUT2D eigenvalue weighted by atomic mass is 16.5. The van der Waals surface area contributed by atoms with Crippen LogP contribution in [0.3, 0.4) is 0 Å². The first kappa shape index (κ1) is 7.97. The van der Waals surface area contributed by atoms with Crippen molar-refractivity contribution in [2.24, 2.45) is 0 Å². The summed E-state index contributed by atoms with van der Waals surface area (Å²) in [7, 11) is 0. The van der Waals surface area contributed by atoms with Crippen LogP contribution >= 0.6 is 0 Å². The van der Waals surface area contributed by atoms with Crippen LogP contribution in [0.2, 0.25) is 0 Å². The number of ether oxygens (including phenoxy) is 1. The van der Waals surface area contributed by atoms with Gasteiger partial charge < -0.3 is 4.74 Å². The van der Waals surface area contributed by atoms with Crippen molar-refractivity contribution in [1.82, 2.24) is 20.2 Å². The summed E-state index contributed by atoms with van der Waals surface area (Å²) < 4.78 is 5.38. The number of rotatable bonds is 2. The van der Waals surface area contributed by atoms with Crippen LogP contribution < -0.4 is 4.74 Å². The summed E-state index contributed by atoms with van der Waals surface area (Å²) in [6.45, 7) is 3.89. The van der Waals surface area contributed by atoms with E-state index in [2.05, 4.69) is 20.2 Å². The number of nitrogens with one attached hydrogen (secondary N) is 1. The largest absolute Gasteiger partial charge is 0.474 e. The van der Waals surface area contributed by atoms with E-state index in [1.165, 1.54) is 0 Å². The lowest BCUT2D eigenvalue weighted by molar-refractivity contribution is 0.232. The van der Waals surface area contributed by atoms with E-state index in [1.54, 1.807) is 12.4 Å². The molecule has 2 aromatic rings. The Balaban J connectivity index is 2.37. The van der Waals surface area contributed by atoms with Gasteiger partial charge in [-0.3, -0.25) is 5.10 Å². The van der Waals surface area contributed by atoms with E-state index in [4.69, 9.17) is 4.74 Å². The van der Waals surface area contributed by atoms with Gasteiger partial charge in [-0.05, 0) is 13.8 Å². The van der Waals surface area contributed by atoms with Crippen LogP contribution in [0.4, 0.5) is 0 Å². The summed E-state index contributed by atoms with van der Waals surface area (Å²) in [6, 6.07) is 0. The molecule has 0 aliphatic rings. The molecule has 2 heterocycles. The van der Waals surface area contributed by atoms with Gasteiger partial charge in [-0.1, -0.05) is 0 Å². The number of aromatic amines is 1. The minimum Gasteiger partial charge on any atom is -0.474 e. The maximum Gasteiger partial charge on any atom is 0.233 e. The van der Waals surface area contributed by atoms with E-state index >= 15 is 0 Å². The normalized spacial score (nSPS) is 11.0. The van der Waals surface area contributed by atoms with Crippen molar-refractivity contribution in [3.63, 3.8) is 0 Å². The molecule has 2 rings (SSSR count). The highest BCUT2D eigenvalue weighted by Crippen LogP contribution is 2.11. The first-order valence-electron chi connectivity index (χ1n) is 4.08. The van der Waals surface area contributed by atoms with Gasteiger partial charge in [0.1, 0.15) is 5.52 Å². The summed E-state index contributed by atoms with van der Waals surface area (Å²) in [4.78, 5) is 8.29. The van der Waals surface area contributed by atoms with Gasteiger partial charge >= 0.3 is 0 Å². The third-order valence-corrected chi connectivity index (χ3v) is 1.49.